The Hall–Kier alpha value is -4.05. The Morgan fingerprint density at radius 1 is 0.655 bits per heavy atom. The van der Waals surface area contributed by atoms with Crippen molar-refractivity contribution in [2.45, 2.75) is 0 Å². The highest BCUT2D eigenvalue weighted by Gasteiger charge is 2.17. The molecule has 4 rings (SSSR count). The maximum atomic E-state index is 13.1. The fraction of sp³-hybridized carbons (Fsp3) is 0. The Bertz CT molecular complexity index is 1160. The van der Waals surface area contributed by atoms with Gasteiger partial charge in [0.1, 0.15) is 11.5 Å². The molecule has 29 heavy (non-hydrogen) atoms. The van der Waals surface area contributed by atoms with Crippen LogP contribution in [0.15, 0.2) is 97.1 Å². The molecule has 0 heterocycles. The lowest BCUT2D eigenvalue weighted by Gasteiger charge is -2.13. The van der Waals surface area contributed by atoms with E-state index in [2.05, 4.69) is 0 Å². The van der Waals surface area contributed by atoms with Gasteiger partial charge in [0.2, 0.25) is 0 Å². The number of para-hydroxylation sites is 1. The summed E-state index contributed by atoms with van der Waals surface area (Å²) in [5.41, 5.74) is 15.8. The first-order chi connectivity index (χ1) is 14.1. The molecule has 4 heteroatoms. The molecule has 4 nitrogen and oxygen atoms in total. The topological polar surface area (TPSA) is 78.3 Å². The first-order valence-electron chi connectivity index (χ1n) is 9.24. The number of nitrogen functional groups attached to an aromatic ring is 2. The Morgan fingerprint density at radius 2 is 1.31 bits per heavy atom. The zero-order valence-corrected chi connectivity index (χ0v) is 15.7. The van der Waals surface area contributed by atoms with E-state index in [0.29, 0.717) is 28.3 Å². The molecule has 0 saturated carbocycles. The number of benzene rings is 4. The molecule has 0 bridgehead atoms. The third-order valence-electron chi connectivity index (χ3n) is 4.69. The zero-order valence-electron chi connectivity index (χ0n) is 15.7. The van der Waals surface area contributed by atoms with Crippen molar-refractivity contribution < 1.29 is 9.53 Å². The van der Waals surface area contributed by atoms with Gasteiger partial charge in [-0.05, 0) is 35.9 Å². The van der Waals surface area contributed by atoms with Crippen molar-refractivity contribution in [1.82, 2.24) is 0 Å². The number of carbonyl (C=O) groups is 1. The molecular formula is C25H20N2O2. The summed E-state index contributed by atoms with van der Waals surface area (Å²) in [6.07, 6.45) is 0. The highest BCUT2D eigenvalue weighted by molar-refractivity contribution is 6.14. The molecule has 0 aliphatic heterocycles. The van der Waals surface area contributed by atoms with Gasteiger partial charge < -0.3 is 16.2 Å². The van der Waals surface area contributed by atoms with Crippen LogP contribution in [0.5, 0.6) is 11.5 Å². The SMILES string of the molecule is Nc1c(C(=O)c2cccc(Oc3ccccc3)c2)ccc(-c2ccccc2)c1N. The van der Waals surface area contributed by atoms with E-state index >= 15 is 0 Å². The minimum Gasteiger partial charge on any atom is -0.457 e. The van der Waals surface area contributed by atoms with Gasteiger partial charge in [-0.25, -0.2) is 0 Å². The van der Waals surface area contributed by atoms with E-state index in [1.165, 1.54) is 0 Å². The van der Waals surface area contributed by atoms with Gasteiger partial charge in [0.05, 0.1) is 11.4 Å². The third kappa shape index (κ3) is 3.82. The number of ketones is 1. The summed E-state index contributed by atoms with van der Waals surface area (Å²) in [5.74, 6) is 1.08. The second kappa shape index (κ2) is 7.90. The first-order valence-corrected chi connectivity index (χ1v) is 9.24. The van der Waals surface area contributed by atoms with E-state index in [0.717, 1.165) is 11.1 Å². The van der Waals surface area contributed by atoms with Crippen LogP contribution in [0.4, 0.5) is 11.4 Å². The summed E-state index contributed by atoms with van der Waals surface area (Å²) in [6, 6.07) is 29.7. The zero-order chi connectivity index (χ0) is 20.2. The number of nitrogens with two attached hydrogens (primary N) is 2. The van der Waals surface area contributed by atoms with Gasteiger partial charge in [-0.15, -0.1) is 0 Å². The average molecular weight is 380 g/mol. The van der Waals surface area contributed by atoms with Crippen molar-refractivity contribution in [1.29, 1.82) is 0 Å². The highest BCUT2D eigenvalue weighted by atomic mass is 16.5. The summed E-state index contributed by atoms with van der Waals surface area (Å²) in [5, 5.41) is 0. The monoisotopic (exact) mass is 380 g/mol. The Balaban J connectivity index is 1.65. The number of rotatable bonds is 5. The van der Waals surface area contributed by atoms with Crippen LogP contribution in [0.25, 0.3) is 11.1 Å². The van der Waals surface area contributed by atoms with Crippen LogP contribution in [-0.4, -0.2) is 5.78 Å². The number of hydrogen-bond donors (Lipinski definition) is 2. The van der Waals surface area contributed by atoms with Gasteiger partial charge in [0.15, 0.2) is 5.78 Å². The molecule has 4 aromatic carbocycles. The van der Waals surface area contributed by atoms with Gasteiger partial charge in [-0.2, -0.15) is 0 Å². The molecule has 0 aromatic heterocycles. The molecule has 0 radical (unpaired) electrons. The van der Waals surface area contributed by atoms with Gasteiger partial charge in [0.25, 0.3) is 0 Å². The molecule has 4 aromatic rings. The highest BCUT2D eigenvalue weighted by Crippen LogP contribution is 2.34. The van der Waals surface area contributed by atoms with Crippen LogP contribution in [0.2, 0.25) is 0 Å². The predicted octanol–water partition coefficient (Wildman–Crippen LogP) is 5.54. The molecule has 0 amide bonds. The number of anilines is 2. The van der Waals surface area contributed by atoms with E-state index in [9.17, 15) is 4.79 Å². The second-order valence-electron chi connectivity index (χ2n) is 6.63. The van der Waals surface area contributed by atoms with Gasteiger partial charge in [0, 0.05) is 16.7 Å². The van der Waals surface area contributed by atoms with Crippen LogP contribution < -0.4 is 16.2 Å². The minimum atomic E-state index is -0.202. The molecule has 0 aliphatic rings. The van der Waals surface area contributed by atoms with Crippen LogP contribution in [-0.2, 0) is 0 Å². The summed E-state index contributed by atoms with van der Waals surface area (Å²) < 4.78 is 5.83. The molecular weight excluding hydrogens is 360 g/mol. The Morgan fingerprint density at radius 3 is 2.03 bits per heavy atom. The Kier molecular flexibility index (Phi) is 4.99. The van der Waals surface area contributed by atoms with Crippen molar-refractivity contribution in [3.05, 3.63) is 108 Å². The van der Waals surface area contributed by atoms with Crippen molar-refractivity contribution in [2.75, 3.05) is 11.5 Å². The van der Waals surface area contributed by atoms with Crippen molar-refractivity contribution in [3.63, 3.8) is 0 Å². The Labute approximate surface area is 169 Å². The van der Waals surface area contributed by atoms with Crippen molar-refractivity contribution >= 4 is 17.2 Å². The van der Waals surface area contributed by atoms with Gasteiger partial charge in [-0.3, -0.25) is 4.79 Å². The van der Waals surface area contributed by atoms with E-state index in [4.69, 9.17) is 16.2 Å². The van der Waals surface area contributed by atoms with E-state index in [-0.39, 0.29) is 11.5 Å². The van der Waals surface area contributed by atoms with Crippen LogP contribution >= 0.6 is 0 Å². The molecule has 142 valence electrons. The molecule has 0 unspecified atom stereocenters. The fourth-order valence-electron chi connectivity index (χ4n) is 3.18. The predicted molar refractivity (Wildman–Crippen MR) is 117 cm³/mol. The lowest BCUT2D eigenvalue weighted by atomic mass is 9.95. The van der Waals surface area contributed by atoms with E-state index in [1.807, 2.05) is 66.7 Å². The van der Waals surface area contributed by atoms with E-state index in [1.54, 1.807) is 30.3 Å². The van der Waals surface area contributed by atoms with Gasteiger partial charge in [-0.1, -0.05) is 66.7 Å². The number of carbonyl (C=O) groups excluding carboxylic acids is 1. The standard InChI is InChI=1S/C25H20N2O2/c26-23-21(17-8-3-1-4-9-17)14-15-22(24(23)27)25(28)18-10-7-13-20(16-18)29-19-11-5-2-6-12-19/h1-16H,26-27H2. The first kappa shape index (κ1) is 18.3. The molecule has 0 fully saturated rings. The third-order valence-corrected chi connectivity index (χ3v) is 4.69. The van der Waals surface area contributed by atoms with Crippen molar-refractivity contribution in [2.24, 2.45) is 0 Å². The van der Waals surface area contributed by atoms with Crippen molar-refractivity contribution in [3.8, 4) is 22.6 Å². The maximum Gasteiger partial charge on any atom is 0.195 e. The van der Waals surface area contributed by atoms with Gasteiger partial charge >= 0.3 is 0 Å². The molecule has 0 atom stereocenters. The molecule has 0 aliphatic carbocycles. The summed E-state index contributed by atoms with van der Waals surface area (Å²) in [7, 11) is 0. The smallest absolute Gasteiger partial charge is 0.195 e. The molecule has 0 spiro atoms. The van der Waals surface area contributed by atoms with Crippen LogP contribution in [0.3, 0.4) is 0 Å². The lowest BCUT2D eigenvalue weighted by molar-refractivity contribution is 0.103. The second-order valence-corrected chi connectivity index (χ2v) is 6.63. The fourth-order valence-corrected chi connectivity index (χ4v) is 3.18. The lowest BCUT2D eigenvalue weighted by Crippen LogP contribution is -2.08. The normalized spacial score (nSPS) is 10.5. The summed E-state index contributed by atoms with van der Waals surface area (Å²) >= 11 is 0. The average Bonchev–Trinajstić information content (AvgIpc) is 2.77. The summed E-state index contributed by atoms with van der Waals surface area (Å²) in [6.45, 7) is 0. The minimum absolute atomic E-state index is 0.202. The largest absolute Gasteiger partial charge is 0.457 e. The number of hydrogen-bond acceptors (Lipinski definition) is 4. The number of ether oxygens (including phenoxy) is 1. The van der Waals surface area contributed by atoms with Crippen LogP contribution in [0.1, 0.15) is 15.9 Å². The van der Waals surface area contributed by atoms with Crippen LogP contribution in [0, 0.1) is 0 Å². The summed E-state index contributed by atoms with van der Waals surface area (Å²) in [4.78, 5) is 13.1. The quantitative estimate of drug-likeness (QED) is 0.352. The molecule has 0 saturated heterocycles. The maximum absolute atomic E-state index is 13.1. The molecule has 4 N–H and O–H groups in total. The van der Waals surface area contributed by atoms with E-state index < -0.39 is 0 Å².